The Bertz CT molecular complexity index is 890. The highest BCUT2D eigenvalue weighted by Crippen LogP contribution is 2.38. The van der Waals surface area contributed by atoms with E-state index in [9.17, 15) is 19.7 Å². The Balaban J connectivity index is 2.19. The van der Waals surface area contributed by atoms with Gasteiger partial charge in [0.05, 0.1) is 16.9 Å². The second-order valence-corrected chi connectivity index (χ2v) is 5.67. The van der Waals surface area contributed by atoms with Crippen molar-refractivity contribution in [2.24, 2.45) is 0 Å². The van der Waals surface area contributed by atoms with Crippen LogP contribution in [0, 0.1) is 17.0 Å². The molecule has 1 aromatic heterocycles. The summed E-state index contributed by atoms with van der Waals surface area (Å²) >= 11 is 5.81. The summed E-state index contributed by atoms with van der Waals surface area (Å²) in [5, 5.41) is 11.0. The summed E-state index contributed by atoms with van der Waals surface area (Å²) in [7, 11) is 0. The molecule has 2 aromatic rings. The first-order valence-corrected chi connectivity index (χ1v) is 7.13. The number of carbonyl (C=O) groups is 1. The van der Waals surface area contributed by atoms with Crippen molar-refractivity contribution >= 4 is 23.3 Å². The summed E-state index contributed by atoms with van der Waals surface area (Å²) in [6.45, 7) is 1.67. The number of H-pyrrole nitrogens is 1. The summed E-state index contributed by atoms with van der Waals surface area (Å²) in [4.78, 5) is 37.2. The van der Waals surface area contributed by atoms with Crippen molar-refractivity contribution < 1.29 is 14.5 Å². The molecule has 0 bridgehead atoms. The maximum Gasteiger partial charge on any atom is 0.312 e. The number of nitro benzene ring substituents is 1. The van der Waals surface area contributed by atoms with Crippen LogP contribution in [0.15, 0.2) is 29.1 Å². The van der Waals surface area contributed by atoms with Crippen LogP contribution in [0.4, 0.5) is 5.69 Å². The molecule has 7 nitrogen and oxygen atoms in total. The van der Waals surface area contributed by atoms with Gasteiger partial charge < -0.3 is 9.72 Å². The summed E-state index contributed by atoms with van der Waals surface area (Å²) in [6.07, 6.45) is -0.0715. The fourth-order valence-corrected chi connectivity index (χ4v) is 2.87. The number of aromatic nitrogens is 1. The average Bonchev–Trinajstić information content (AvgIpc) is 2.45. The number of hydrogen-bond donors (Lipinski definition) is 1. The van der Waals surface area contributed by atoms with E-state index in [1.165, 1.54) is 12.1 Å². The van der Waals surface area contributed by atoms with Gasteiger partial charge in [0.25, 0.3) is 11.2 Å². The van der Waals surface area contributed by atoms with Gasteiger partial charge in [-0.05, 0) is 18.6 Å². The molecule has 0 radical (unpaired) electrons. The minimum absolute atomic E-state index is 0.00447. The minimum atomic E-state index is -0.619. The molecule has 1 aliphatic rings. The van der Waals surface area contributed by atoms with E-state index in [0.29, 0.717) is 11.3 Å². The Morgan fingerprint density at radius 3 is 2.78 bits per heavy atom. The SMILES string of the molecule is Cc1cc2c(c(=O)[nH]1)[C@H](c1ccc(Cl)c([N+](=O)[O-])c1)CC(=O)O2. The third-order valence-electron chi connectivity index (χ3n) is 3.68. The lowest BCUT2D eigenvalue weighted by atomic mass is 9.87. The summed E-state index contributed by atoms with van der Waals surface area (Å²) in [6, 6.07) is 5.80. The van der Waals surface area contributed by atoms with Crippen LogP contribution in [0.2, 0.25) is 5.02 Å². The van der Waals surface area contributed by atoms with E-state index in [1.807, 2.05) is 0 Å². The van der Waals surface area contributed by atoms with Crippen molar-refractivity contribution in [3.8, 4) is 5.75 Å². The summed E-state index contributed by atoms with van der Waals surface area (Å²) in [5.41, 5.74) is 0.660. The monoisotopic (exact) mass is 334 g/mol. The molecular weight excluding hydrogens is 324 g/mol. The number of pyridine rings is 1. The van der Waals surface area contributed by atoms with E-state index in [0.717, 1.165) is 0 Å². The number of halogens is 1. The molecule has 3 rings (SSSR count). The van der Waals surface area contributed by atoms with Gasteiger partial charge in [-0.1, -0.05) is 17.7 Å². The number of benzene rings is 1. The van der Waals surface area contributed by atoms with Crippen molar-refractivity contribution in [3.63, 3.8) is 0 Å². The molecule has 0 amide bonds. The maximum absolute atomic E-state index is 12.3. The van der Waals surface area contributed by atoms with Crippen molar-refractivity contribution in [1.29, 1.82) is 0 Å². The van der Waals surface area contributed by atoms with Crippen LogP contribution in [0.3, 0.4) is 0 Å². The molecule has 118 valence electrons. The van der Waals surface area contributed by atoms with E-state index >= 15 is 0 Å². The molecule has 0 unspecified atom stereocenters. The zero-order valence-electron chi connectivity index (χ0n) is 12.0. The smallest absolute Gasteiger partial charge is 0.312 e. The molecule has 0 fully saturated rings. The molecule has 23 heavy (non-hydrogen) atoms. The maximum atomic E-state index is 12.3. The highest BCUT2D eigenvalue weighted by molar-refractivity contribution is 6.32. The normalized spacial score (nSPS) is 16.6. The largest absolute Gasteiger partial charge is 0.426 e. The summed E-state index contributed by atoms with van der Waals surface area (Å²) in [5.74, 6) is -0.929. The third-order valence-corrected chi connectivity index (χ3v) is 4.00. The molecule has 0 aliphatic carbocycles. The zero-order valence-corrected chi connectivity index (χ0v) is 12.7. The van der Waals surface area contributed by atoms with Crippen molar-refractivity contribution in [3.05, 3.63) is 66.6 Å². The first-order valence-electron chi connectivity index (χ1n) is 6.75. The van der Waals surface area contributed by atoms with Gasteiger partial charge in [0.1, 0.15) is 10.8 Å². The van der Waals surface area contributed by atoms with Crippen molar-refractivity contribution in [1.82, 2.24) is 4.98 Å². The van der Waals surface area contributed by atoms with E-state index in [-0.39, 0.29) is 34.0 Å². The van der Waals surface area contributed by atoms with Gasteiger partial charge in [-0.25, -0.2) is 0 Å². The Morgan fingerprint density at radius 1 is 1.35 bits per heavy atom. The van der Waals surface area contributed by atoms with Crippen LogP contribution in [0.25, 0.3) is 0 Å². The highest BCUT2D eigenvalue weighted by atomic mass is 35.5. The third kappa shape index (κ3) is 2.70. The van der Waals surface area contributed by atoms with Gasteiger partial charge in [0.15, 0.2) is 0 Å². The molecule has 1 atom stereocenters. The first kappa shape index (κ1) is 15.2. The zero-order chi connectivity index (χ0) is 16.7. The average molecular weight is 335 g/mol. The number of nitrogens with zero attached hydrogens (tertiary/aromatic N) is 1. The topological polar surface area (TPSA) is 102 Å². The number of nitrogens with one attached hydrogen (secondary N) is 1. The molecule has 1 aromatic carbocycles. The first-order chi connectivity index (χ1) is 10.9. The van der Waals surface area contributed by atoms with Crippen LogP contribution in [-0.4, -0.2) is 15.9 Å². The molecule has 1 N–H and O–H groups in total. The molecule has 1 aliphatic heterocycles. The lowest BCUT2D eigenvalue weighted by Crippen LogP contribution is -2.28. The summed E-state index contributed by atoms with van der Waals surface area (Å²) < 4.78 is 5.13. The number of ether oxygens (including phenoxy) is 1. The number of carbonyl (C=O) groups excluding carboxylic acids is 1. The van der Waals surface area contributed by atoms with Gasteiger partial charge >= 0.3 is 5.97 Å². The molecule has 0 spiro atoms. The van der Waals surface area contributed by atoms with E-state index in [1.54, 1.807) is 19.1 Å². The van der Waals surface area contributed by atoms with Gasteiger partial charge in [-0.3, -0.25) is 19.7 Å². The Kier molecular flexibility index (Phi) is 3.65. The second kappa shape index (κ2) is 5.51. The van der Waals surface area contributed by atoms with Gasteiger partial charge in [-0.15, -0.1) is 0 Å². The van der Waals surface area contributed by atoms with Crippen molar-refractivity contribution in [2.75, 3.05) is 0 Å². The van der Waals surface area contributed by atoms with Crippen molar-refractivity contribution in [2.45, 2.75) is 19.3 Å². The molecular formula is C15H11ClN2O5. The Hall–Kier alpha value is -2.67. The second-order valence-electron chi connectivity index (χ2n) is 5.26. The standard InChI is InChI=1S/C15H11ClN2O5/c1-7-4-12-14(15(20)17-7)9(6-13(19)23-12)8-2-3-10(16)11(5-8)18(21)22/h2-5,9H,6H2,1H3,(H,17,20)/t9-/m0/s1. The lowest BCUT2D eigenvalue weighted by Gasteiger charge is -2.24. The number of hydrogen-bond acceptors (Lipinski definition) is 5. The van der Waals surface area contributed by atoms with Gasteiger partial charge in [0.2, 0.25) is 0 Å². The fourth-order valence-electron chi connectivity index (χ4n) is 2.69. The van der Waals surface area contributed by atoms with E-state index in [2.05, 4.69) is 4.98 Å². The lowest BCUT2D eigenvalue weighted by molar-refractivity contribution is -0.384. The molecule has 0 saturated carbocycles. The van der Waals surface area contributed by atoms with Crippen LogP contribution in [-0.2, 0) is 4.79 Å². The predicted octanol–water partition coefficient (Wildman–Crippen LogP) is 2.69. The van der Waals surface area contributed by atoms with Gasteiger partial charge in [-0.2, -0.15) is 0 Å². The van der Waals surface area contributed by atoms with E-state index in [4.69, 9.17) is 16.3 Å². The number of aromatic amines is 1. The van der Waals surface area contributed by atoms with Crippen LogP contribution in [0.5, 0.6) is 5.75 Å². The number of aryl methyl sites for hydroxylation is 1. The number of rotatable bonds is 2. The molecule has 8 heteroatoms. The predicted molar refractivity (Wildman–Crippen MR) is 82.0 cm³/mol. The van der Waals surface area contributed by atoms with Crippen LogP contribution < -0.4 is 10.3 Å². The number of fused-ring (bicyclic) bond motifs is 1. The molecule has 0 saturated heterocycles. The van der Waals surface area contributed by atoms with E-state index < -0.39 is 16.8 Å². The van der Waals surface area contributed by atoms with Crippen LogP contribution in [0.1, 0.15) is 29.2 Å². The minimum Gasteiger partial charge on any atom is -0.426 e. The Labute approximate surface area is 135 Å². The number of esters is 1. The fraction of sp³-hybridized carbons (Fsp3) is 0.200. The quantitative estimate of drug-likeness (QED) is 0.516. The molecule has 2 heterocycles. The van der Waals surface area contributed by atoms with Gasteiger partial charge in [0, 0.05) is 23.7 Å². The highest BCUT2D eigenvalue weighted by Gasteiger charge is 2.32. The van der Waals surface area contributed by atoms with Crippen LogP contribution >= 0.6 is 11.6 Å². The Morgan fingerprint density at radius 2 is 2.09 bits per heavy atom. The number of nitro groups is 1.